The van der Waals surface area contributed by atoms with Crippen molar-refractivity contribution in [3.63, 3.8) is 0 Å². The van der Waals surface area contributed by atoms with E-state index in [1.807, 2.05) is 25.1 Å². The van der Waals surface area contributed by atoms with Gasteiger partial charge in [0, 0.05) is 11.1 Å². The summed E-state index contributed by atoms with van der Waals surface area (Å²) >= 11 is 0. The maximum absolute atomic E-state index is 12.2. The molecular weight excluding hydrogens is 346 g/mol. The summed E-state index contributed by atoms with van der Waals surface area (Å²) in [4.78, 5) is 36.2. The predicted octanol–water partition coefficient (Wildman–Crippen LogP) is 2.34. The van der Waals surface area contributed by atoms with Crippen molar-refractivity contribution in [3.05, 3.63) is 70.1 Å². The first kappa shape index (κ1) is 18.3. The smallest absolute Gasteiger partial charge is 0.312 e. The number of H-pyrrole nitrogens is 1. The van der Waals surface area contributed by atoms with Gasteiger partial charge in [0.1, 0.15) is 0 Å². The molecule has 0 aliphatic carbocycles. The molecular formula is C20H19N3O4. The summed E-state index contributed by atoms with van der Waals surface area (Å²) in [5.41, 5.74) is 1.71. The highest BCUT2D eigenvalue weighted by molar-refractivity contribution is 5.95. The molecule has 138 valence electrons. The van der Waals surface area contributed by atoms with Crippen LogP contribution in [0.1, 0.15) is 18.2 Å². The van der Waals surface area contributed by atoms with Crippen molar-refractivity contribution in [2.24, 2.45) is 0 Å². The van der Waals surface area contributed by atoms with E-state index in [1.165, 1.54) is 6.92 Å². The quantitative estimate of drug-likeness (QED) is 0.676. The molecule has 2 aromatic carbocycles. The van der Waals surface area contributed by atoms with E-state index < -0.39 is 18.0 Å². The summed E-state index contributed by atoms with van der Waals surface area (Å²) in [7, 11) is 0. The molecule has 0 spiro atoms. The van der Waals surface area contributed by atoms with E-state index in [4.69, 9.17) is 4.74 Å². The number of nitrogens with one attached hydrogen (secondary N) is 2. The maximum atomic E-state index is 12.2. The summed E-state index contributed by atoms with van der Waals surface area (Å²) in [5, 5.41) is 10.0. The molecule has 7 nitrogen and oxygen atoms in total. The highest BCUT2D eigenvalue weighted by Crippen LogP contribution is 2.14. The number of hydrogen-bond donors (Lipinski definition) is 2. The molecule has 2 N–H and O–H groups in total. The molecule has 1 amide bonds. The van der Waals surface area contributed by atoms with Gasteiger partial charge in [-0.15, -0.1) is 0 Å². The number of carbonyl (C=O) groups is 2. The number of amides is 1. The topological polar surface area (TPSA) is 101 Å². The van der Waals surface area contributed by atoms with E-state index in [0.717, 1.165) is 5.56 Å². The predicted molar refractivity (Wildman–Crippen MR) is 101 cm³/mol. The van der Waals surface area contributed by atoms with Crippen molar-refractivity contribution in [3.8, 4) is 0 Å². The second-order valence-electron chi connectivity index (χ2n) is 6.21. The molecule has 27 heavy (non-hydrogen) atoms. The molecule has 1 heterocycles. The number of hydrogen-bond acceptors (Lipinski definition) is 5. The van der Waals surface area contributed by atoms with E-state index in [9.17, 15) is 14.4 Å². The SMILES string of the molecule is Cc1cccc(NC(=O)[C@@H](C)OC(=O)Cc2n[nH]c(=O)c3ccccc23)c1. The zero-order chi connectivity index (χ0) is 19.4. The van der Waals surface area contributed by atoms with Crippen LogP contribution in [-0.2, 0) is 20.7 Å². The third-order valence-electron chi connectivity index (χ3n) is 4.05. The van der Waals surface area contributed by atoms with Crippen molar-refractivity contribution >= 4 is 28.3 Å². The van der Waals surface area contributed by atoms with Crippen LogP contribution in [0.3, 0.4) is 0 Å². The molecule has 0 radical (unpaired) electrons. The molecule has 1 aromatic heterocycles. The Hall–Kier alpha value is -3.48. The van der Waals surface area contributed by atoms with E-state index in [0.29, 0.717) is 22.2 Å². The summed E-state index contributed by atoms with van der Waals surface area (Å²) in [5.74, 6) is -1.03. The number of nitrogens with zero attached hydrogens (tertiary/aromatic N) is 1. The van der Waals surface area contributed by atoms with Crippen LogP contribution in [0.25, 0.3) is 10.8 Å². The second kappa shape index (κ2) is 7.82. The fourth-order valence-corrected chi connectivity index (χ4v) is 2.70. The van der Waals surface area contributed by atoms with Crippen molar-refractivity contribution in [1.82, 2.24) is 10.2 Å². The normalized spacial score (nSPS) is 11.8. The number of anilines is 1. The Morgan fingerprint density at radius 3 is 2.63 bits per heavy atom. The van der Waals surface area contributed by atoms with Gasteiger partial charge in [0.15, 0.2) is 6.10 Å². The molecule has 0 saturated carbocycles. The summed E-state index contributed by atoms with van der Waals surface area (Å²) in [6, 6.07) is 14.2. The van der Waals surface area contributed by atoms with Gasteiger partial charge in [0.05, 0.1) is 17.5 Å². The number of fused-ring (bicyclic) bond motifs is 1. The Morgan fingerprint density at radius 1 is 1.15 bits per heavy atom. The summed E-state index contributed by atoms with van der Waals surface area (Å²) in [6.45, 7) is 3.42. The van der Waals surface area contributed by atoms with Gasteiger partial charge in [-0.05, 0) is 37.6 Å². The summed E-state index contributed by atoms with van der Waals surface area (Å²) in [6.07, 6.45) is -1.12. The lowest BCUT2D eigenvalue weighted by Crippen LogP contribution is -2.30. The average Bonchev–Trinajstić information content (AvgIpc) is 2.64. The van der Waals surface area contributed by atoms with E-state index in [-0.39, 0.29) is 12.0 Å². The first-order chi connectivity index (χ1) is 12.9. The molecule has 0 unspecified atom stereocenters. The van der Waals surface area contributed by atoms with Gasteiger partial charge in [-0.2, -0.15) is 5.10 Å². The van der Waals surface area contributed by atoms with Crippen LogP contribution in [0.4, 0.5) is 5.69 Å². The van der Waals surface area contributed by atoms with E-state index >= 15 is 0 Å². The van der Waals surface area contributed by atoms with Crippen LogP contribution in [0.15, 0.2) is 53.3 Å². The Labute approximate surface area is 155 Å². The number of esters is 1. The van der Waals surface area contributed by atoms with E-state index in [1.54, 1.807) is 30.3 Å². The number of aryl methyl sites for hydroxylation is 1. The van der Waals surface area contributed by atoms with Gasteiger partial charge in [-0.25, -0.2) is 5.10 Å². The molecule has 3 rings (SSSR count). The van der Waals surface area contributed by atoms with Gasteiger partial charge in [0.2, 0.25) is 0 Å². The fraction of sp³-hybridized carbons (Fsp3) is 0.200. The van der Waals surface area contributed by atoms with Crippen LogP contribution in [0, 0.1) is 6.92 Å². The lowest BCUT2D eigenvalue weighted by molar-refractivity contribution is -0.152. The number of aromatic nitrogens is 2. The Kier molecular flexibility index (Phi) is 5.30. The van der Waals surface area contributed by atoms with Crippen molar-refractivity contribution < 1.29 is 14.3 Å². The zero-order valence-electron chi connectivity index (χ0n) is 15.0. The number of aromatic amines is 1. The minimum Gasteiger partial charge on any atom is -0.452 e. The van der Waals surface area contributed by atoms with Crippen LogP contribution in [0.5, 0.6) is 0 Å². The molecule has 0 fully saturated rings. The minimum atomic E-state index is -0.966. The zero-order valence-corrected chi connectivity index (χ0v) is 15.0. The van der Waals surface area contributed by atoms with Gasteiger partial charge in [-0.3, -0.25) is 14.4 Å². The van der Waals surface area contributed by atoms with Crippen LogP contribution in [-0.4, -0.2) is 28.2 Å². The Balaban J connectivity index is 1.66. The molecule has 7 heteroatoms. The molecule has 0 saturated heterocycles. The molecule has 0 aliphatic rings. The van der Waals surface area contributed by atoms with Gasteiger partial charge < -0.3 is 10.1 Å². The van der Waals surface area contributed by atoms with E-state index in [2.05, 4.69) is 15.5 Å². The highest BCUT2D eigenvalue weighted by Gasteiger charge is 2.19. The number of benzene rings is 2. The van der Waals surface area contributed by atoms with Gasteiger partial charge in [-0.1, -0.05) is 30.3 Å². The molecule has 0 bridgehead atoms. The number of rotatable bonds is 5. The molecule has 0 aliphatic heterocycles. The fourth-order valence-electron chi connectivity index (χ4n) is 2.70. The Morgan fingerprint density at radius 2 is 1.89 bits per heavy atom. The third kappa shape index (κ3) is 4.38. The highest BCUT2D eigenvalue weighted by atomic mass is 16.5. The van der Waals surface area contributed by atoms with Crippen LogP contribution in [0.2, 0.25) is 0 Å². The molecule has 3 aromatic rings. The van der Waals surface area contributed by atoms with Gasteiger partial charge >= 0.3 is 5.97 Å². The van der Waals surface area contributed by atoms with Crippen LogP contribution >= 0.6 is 0 Å². The standard InChI is InChI=1S/C20H19N3O4/c1-12-6-5-7-14(10-12)21-19(25)13(2)27-18(24)11-17-15-8-3-4-9-16(15)20(26)23-22-17/h3-10,13H,11H2,1-2H3,(H,21,25)(H,23,26)/t13-/m1/s1. The third-order valence-corrected chi connectivity index (χ3v) is 4.05. The lowest BCUT2D eigenvalue weighted by atomic mass is 10.1. The first-order valence-corrected chi connectivity index (χ1v) is 8.47. The van der Waals surface area contributed by atoms with Gasteiger partial charge in [0.25, 0.3) is 11.5 Å². The number of carbonyl (C=O) groups excluding carboxylic acids is 2. The Bertz CT molecular complexity index is 1060. The van der Waals surface area contributed by atoms with Crippen molar-refractivity contribution in [2.75, 3.05) is 5.32 Å². The summed E-state index contributed by atoms with van der Waals surface area (Å²) < 4.78 is 5.21. The largest absolute Gasteiger partial charge is 0.452 e. The monoisotopic (exact) mass is 365 g/mol. The lowest BCUT2D eigenvalue weighted by Gasteiger charge is -2.14. The minimum absolute atomic E-state index is 0.153. The molecule has 1 atom stereocenters. The average molecular weight is 365 g/mol. The second-order valence-corrected chi connectivity index (χ2v) is 6.21. The number of ether oxygens (including phenoxy) is 1. The first-order valence-electron chi connectivity index (χ1n) is 8.47. The van der Waals surface area contributed by atoms with Crippen LogP contribution < -0.4 is 10.9 Å². The van der Waals surface area contributed by atoms with Crippen molar-refractivity contribution in [1.29, 1.82) is 0 Å². The van der Waals surface area contributed by atoms with Crippen molar-refractivity contribution in [2.45, 2.75) is 26.4 Å². The maximum Gasteiger partial charge on any atom is 0.312 e.